The molecule has 0 aliphatic rings. The number of esters is 2. The summed E-state index contributed by atoms with van der Waals surface area (Å²) in [6, 6.07) is 25.2. The average Bonchev–Trinajstić information content (AvgIpc) is 3.32. The van der Waals surface area contributed by atoms with Crippen LogP contribution in [-0.2, 0) is 16.1 Å². The lowest BCUT2D eigenvalue weighted by molar-refractivity contribution is 0.0549. The fourth-order valence-electron chi connectivity index (χ4n) is 3.59. The van der Waals surface area contributed by atoms with Gasteiger partial charge in [0.05, 0.1) is 31.5 Å². The van der Waals surface area contributed by atoms with E-state index in [1.54, 1.807) is 66.7 Å². The van der Waals surface area contributed by atoms with E-state index in [1.807, 2.05) is 12.1 Å². The van der Waals surface area contributed by atoms with Crippen molar-refractivity contribution in [1.29, 1.82) is 5.26 Å². The number of benzene rings is 3. The lowest BCUT2D eigenvalue weighted by Crippen LogP contribution is -2.15. The molecule has 0 fully saturated rings. The summed E-state index contributed by atoms with van der Waals surface area (Å²) >= 11 is 0. The van der Waals surface area contributed by atoms with Crippen molar-refractivity contribution >= 4 is 11.9 Å². The van der Waals surface area contributed by atoms with Crippen LogP contribution in [0.5, 0.6) is 5.75 Å². The molecule has 3 aromatic carbocycles. The van der Waals surface area contributed by atoms with Gasteiger partial charge in [0.15, 0.2) is 5.69 Å². The van der Waals surface area contributed by atoms with E-state index in [9.17, 15) is 9.59 Å². The van der Waals surface area contributed by atoms with Crippen LogP contribution >= 0.6 is 0 Å². The van der Waals surface area contributed by atoms with Crippen LogP contribution in [0.3, 0.4) is 0 Å². The lowest BCUT2D eigenvalue weighted by Gasteiger charge is -2.08. The van der Waals surface area contributed by atoms with Gasteiger partial charge in [0.2, 0.25) is 0 Å². The predicted molar refractivity (Wildman–Crippen MR) is 127 cm³/mol. The molecule has 174 valence electrons. The van der Waals surface area contributed by atoms with E-state index in [1.165, 1.54) is 18.9 Å². The van der Waals surface area contributed by atoms with Gasteiger partial charge in [-0.3, -0.25) is 0 Å². The molecular formula is C27H21N3O5. The number of nitriles is 1. The number of aromatic nitrogens is 2. The summed E-state index contributed by atoms with van der Waals surface area (Å²) in [7, 11) is 2.48. The summed E-state index contributed by atoms with van der Waals surface area (Å²) in [5.41, 5.74) is 2.71. The molecule has 0 spiro atoms. The zero-order chi connectivity index (χ0) is 24.8. The van der Waals surface area contributed by atoms with Crippen LogP contribution in [0.1, 0.15) is 32.0 Å². The number of hydrogen-bond acceptors (Lipinski definition) is 7. The number of para-hydroxylation sites is 1. The number of ether oxygens (including phenoxy) is 3. The normalized spacial score (nSPS) is 10.3. The van der Waals surface area contributed by atoms with E-state index >= 15 is 0 Å². The Morgan fingerprint density at radius 3 is 2.37 bits per heavy atom. The standard InChI is InChI=1S/C27H21N3O5/c1-33-26(31)23-24(29-30(25(23)27(32)34-2)21-11-4-3-5-12-21)20-10-7-13-22(15-20)35-17-19-9-6-8-18(14-19)16-28/h3-15H,17H2,1-2H3. The summed E-state index contributed by atoms with van der Waals surface area (Å²) in [6.07, 6.45) is 0. The molecule has 0 amide bonds. The van der Waals surface area contributed by atoms with Gasteiger partial charge in [-0.25, -0.2) is 14.3 Å². The van der Waals surface area contributed by atoms with Gasteiger partial charge >= 0.3 is 11.9 Å². The van der Waals surface area contributed by atoms with Gasteiger partial charge in [-0.15, -0.1) is 0 Å². The average molecular weight is 467 g/mol. The largest absolute Gasteiger partial charge is 0.489 e. The first-order valence-electron chi connectivity index (χ1n) is 10.6. The topological polar surface area (TPSA) is 103 Å². The third-order valence-corrected chi connectivity index (χ3v) is 5.22. The monoisotopic (exact) mass is 467 g/mol. The molecule has 0 aliphatic heterocycles. The van der Waals surface area contributed by atoms with Crippen LogP contribution < -0.4 is 4.74 Å². The molecule has 4 rings (SSSR count). The molecule has 0 aliphatic carbocycles. The van der Waals surface area contributed by atoms with Crippen molar-refractivity contribution in [1.82, 2.24) is 9.78 Å². The van der Waals surface area contributed by atoms with Crippen molar-refractivity contribution in [3.8, 4) is 28.8 Å². The van der Waals surface area contributed by atoms with Gasteiger partial charge < -0.3 is 14.2 Å². The highest BCUT2D eigenvalue weighted by Crippen LogP contribution is 2.31. The van der Waals surface area contributed by atoms with Crippen molar-refractivity contribution in [3.05, 3.63) is 101 Å². The number of carbonyl (C=O) groups excluding carboxylic acids is 2. The molecule has 4 aromatic rings. The van der Waals surface area contributed by atoms with Gasteiger partial charge in [0.1, 0.15) is 23.6 Å². The molecule has 8 heteroatoms. The molecule has 35 heavy (non-hydrogen) atoms. The minimum absolute atomic E-state index is 0.0120. The van der Waals surface area contributed by atoms with Crippen LogP contribution in [-0.4, -0.2) is 35.9 Å². The van der Waals surface area contributed by atoms with Crippen LogP contribution in [0.2, 0.25) is 0 Å². The highest BCUT2D eigenvalue weighted by Gasteiger charge is 2.31. The minimum Gasteiger partial charge on any atom is -0.489 e. The molecule has 0 bridgehead atoms. The SMILES string of the molecule is COC(=O)c1c(-c2cccc(OCc3cccc(C#N)c3)c2)nn(-c2ccccc2)c1C(=O)OC. The first-order chi connectivity index (χ1) is 17.0. The number of carbonyl (C=O) groups is 2. The van der Waals surface area contributed by atoms with Crippen LogP contribution in [0.25, 0.3) is 16.9 Å². The van der Waals surface area contributed by atoms with Crippen LogP contribution in [0.4, 0.5) is 0 Å². The van der Waals surface area contributed by atoms with Gasteiger partial charge in [0, 0.05) is 5.56 Å². The molecule has 0 radical (unpaired) electrons. The Kier molecular flexibility index (Phi) is 6.88. The maximum Gasteiger partial charge on any atom is 0.357 e. The fraction of sp³-hybridized carbons (Fsp3) is 0.111. The van der Waals surface area contributed by atoms with Gasteiger partial charge in [-0.1, -0.05) is 42.5 Å². The second kappa shape index (κ2) is 10.4. The van der Waals surface area contributed by atoms with E-state index < -0.39 is 11.9 Å². The Hall–Kier alpha value is -4.90. The van der Waals surface area contributed by atoms with Crippen LogP contribution in [0, 0.1) is 11.3 Å². The van der Waals surface area contributed by atoms with Crippen molar-refractivity contribution in [2.24, 2.45) is 0 Å². The second-order valence-corrected chi connectivity index (χ2v) is 7.43. The summed E-state index contributed by atoms with van der Waals surface area (Å²) in [5.74, 6) is -0.922. The summed E-state index contributed by atoms with van der Waals surface area (Å²) in [5, 5.41) is 13.7. The minimum atomic E-state index is -0.724. The van der Waals surface area contributed by atoms with E-state index in [-0.39, 0.29) is 23.6 Å². The first-order valence-corrected chi connectivity index (χ1v) is 10.6. The molecule has 0 saturated carbocycles. The quantitative estimate of drug-likeness (QED) is 0.367. The number of methoxy groups -OCH3 is 2. The zero-order valence-electron chi connectivity index (χ0n) is 19.1. The molecular weight excluding hydrogens is 446 g/mol. The predicted octanol–water partition coefficient (Wildman–Crippen LogP) is 4.56. The Balaban J connectivity index is 1.77. The Morgan fingerprint density at radius 1 is 0.914 bits per heavy atom. The van der Waals surface area contributed by atoms with Crippen LogP contribution in [0.15, 0.2) is 78.9 Å². The molecule has 0 atom stereocenters. The smallest absolute Gasteiger partial charge is 0.357 e. The van der Waals surface area contributed by atoms with E-state index in [2.05, 4.69) is 11.2 Å². The van der Waals surface area contributed by atoms with Crippen molar-refractivity contribution in [3.63, 3.8) is 0 Å². The zero-order valence-corrected chi connectivity index (χ0v) is 19.1. The molecule has 0 N–H and O–H groups in total. The molecule has 0 saturated heterocycles. The summed E-state index contributed by atoms with van der Waals surface area (Å²) < 4.78 is 17.2. The van der Waals surface area contributed by atoms with E-state index in [4.69, 9.17) is 19.5 Å². The van der Waals surface area contributed by atoms with E-state index in [0.717, 1.165) is 5.56 Å². The summed E-state index contributed by atoms with van der Waals surface area (Å²) in [6.45, 7) is 0.245. The van der Waals surface area contributed by atoms with Gasteiger partial charge in [-0.2, -0.15) is 10.4 Å². The maximum atomic E-state index is 12.8. The molecule has 1 aromatic heterocycles. The highest BCUT2D eigenvalue weighted by atomic mass is 16.5. The van der Waals surface area contributed by atoms with Gasteiger partial charge in [0.25, 0.3) is 0 Å². The molecule has 0 unspecified atom stereocenters. The number of rotatable bonds is 7. The van der Waals surface area contributed by atoms with Crippen molar-refractivity contribution < 1.29 is 23.8 Å². The van der Waals surface area contributed by atoms with Crippen molar-refractivity contribution in [2.45, 2.75) is 6.61 Å². The molecule has 8 nitrogen and oxygen atoms in total. The third kappa shape index (κ3) is 4.89. The highest BCUT2D eigenvalue weighted by molar-refractivity contribution is 6.06. The van der Waals surface area contributed by atoms with Gasteiger partial charge in [-0.05, 0) is 42.0 Å². The number of hydrogen-bond donors (Lipinski definition) is 0. The Bertz CT molecular complexity index is 1420. The first kappa shape index (κ1) is 23.3. The third-order valence-electron chi connectivity index (χ3n) is 5.22. The lowest BCUT2D eigenvalue weighted by atomic mass is 10.1. The maximum absolute atomic E-state index is 12.8. The van der Waals surface area contributed by atoms with E-state index in [0.29, 0.717) is 22.6 Å². The van der Waals surface area contributed by atoms with Crippen molar-refractivity contribution in [2.75, 3.05) is 14.2 Å². The second-order valence-electron chi connectivity index (χ2n) is 7.43. The fourth-order valence-corrected chi connectivity index (χ4v) is 3.59. The number of nitrogens with zero attached hydrogens (tertiary/aromatic N) is 3. The Labute approximate surface area is 201 Å². The summed E-state index contributed by atoms with van der Waals surface area (Å²) in [4.78, 5) is 25.5. The Morgan fingerprint density at radius 2 is 1.66 bits per heavy atom. The molecule has 1 heterocycles.